The predicted molar refractivity (Wildman–Crippen MR) is 197 cm³/mol. The first-order valence-corrected chi connectivity index (χ1v) is 16.9. The van der Waals surface area contributed by atoms with Crippen LogP contribution in [-0.2, 0) is 52.8 Å². The maximum Gasteiger partial charge on any atom is 0.326 e. The van der Waals surface area contributed by atoms with Crippen molar-refractivity contribution in [3.8, 4) is 0 Å². The van der Waals surface area contributed by atoms with Gasteiger partial charge in [-0.25, -0.2) is 29.3 Å². The zero-order chi connectivity index (χ0) is 39.9. The first kappa shape index (κ1) is 48.7. The molecule has 3 aromatic rings. The third-order valence-electron chi connectivity index (χ3n) is 6.42. The number of thioether (sulfide) groups is 1. The molecule has 0 unspecified atom stereocenters. The van der Waals surface area contributed by atoms with E-state index in [9.17, 15) is 33.6 Å². The van der Waals surface area contributed by atoms with E-state index in [0.717, 1.165) is 11.8 Å². The smallest absolute Gasteiger partial charge is 0.326 e. The maximum atomic E-state index is 11.4. The Bertz CT molecular complexity index is 1630. The highest BCUT2D eigenvalue weighted by molar-refractivity contribution is 8.13. The van der Waals surface area contributed by atoms with Crippen LogP contribution < -0.4 is 33.2 Å². The topological polar surface area (TPSA) is 380 Å². The minimum Gasteiger partial charge on any atom is -0.480 e. The van der Waals surface area contributed by atoms with Crippen molar-refractivity contribution in [3.05, 3.63) is 42.3 Å². The Balaban J connectivity index is 0.000000778. The largest absolute Gasteiger partial charge is 0.480 e. The number of hydrogen-bond acceptors (Lipinski definition) is 15. The number of rotatable bonds is 19. The molecule has 3 heterocycles. The van der Waals surface area contributed by atoms with Crippen LogP contribution in [0.3, 0.4) is 0 Å². The summed E-state index contributed by atoms with van der Waals surface area (Å²) in [5.74, 6) is -4.55. The van der Waals surface area contributed by atoms with Crippen LogP contribution in [0, 0.1) is 0 Å². The van der Waals surface area contributed by atoms with Crippen LogP contribution >= 0.6 is 24.4 Å². The van der Waals surface area contributed by atoms with Gasteiger partial charge in [0.1, 0.15) is 28.2 Å². The summed E-state index contributed by atoms with van der Waals surface area (Å²) >= 11 is 4.96. The van der Waals surface area contributed by atoms with E-state index < -0.39 is 41.9 Å². The van der Waals surface area contributed by atoms with Gasteiger partial charge in [-0.3, -0.25) is 19.2 Å². The van der Waals surface area contributed by atoms with Crippen LogP contribution in [0.2, 0.25) is 0 Å². The molecule has 0 saturated carbocycles. The second-order valence-electron chi connectivity index (χ2n) is 10.7. The van der Waals surface area contributed by atoms with Gasteiger partial charge in [0.05, 0.1) is 30.4 Å². The quantitative estimate of drug-likeness (QED) is 0.0468. The minimum atomic E-state index is -1.16. The first-order chi connectivity index (χ1) is 25.1. The molecule has 3 atom stereocenters. The van der Waals surface area contributed by atoms with E-state index in [4.69, 9.17) is 32.5 Å². The number of carbonyl (C=O) groups is 7. The SMILES string of the molecule is C.CC(=O)Sc1nc[nH]c1C[C@H](NC(=O)CCN)C(=O)O.NCCC(=O)N[C@@H](Cc1[nH]cnc1S)C(=O)O.NCCC(=O)N[C@@H](Cc1cnc[nH]1)C(=O)O. The number of aromatic amines is 3. The van der Waals surface area contributed by atoms with Crippen molar-refractivity contribution in [2.24, 2.45) is 17.2 Å². The van der Waals surface area contributed by atoms with Crippen molar-refractivity contribution >= 4 is 65.1 Å². The van der Waals surface area contributed by atoms with Crippen molar-refractivity contribution in [2.75, 3.05) is 19.6 Å². The fourth-order valence-electron chi connectivity index (χ4n) is 3.96. The average Bonchev–Trinajstić information content (AvgIpc) is 3.84. The van der Waals surface area contributed by atoms with Crippen molar-refractivity contribution in [1.82, 2.24) is 45.9 Å². The van der Waals surface area contributed by atoms with Gasteiger partial charge in [0.15, 0.2) is 5.12 Å². The van der Waals surface area contributed by atoms with Crippen molar-refractivity contribution in [2.45, 2.75) is 81.1 Å². The molecule has 3 amide bonds. The van der Waals surface area contributed by atoms with Gasteiger partial charge in [-0.15, -0.1) is 12.6 Å². The normalized spacial score (nSPS) is 11.8. The van der Waals surface area contributed by atoms with Gasteiger partial charge in [0, 0.05) is 77.0 Å². The van der Waals surface area contributed by atoms with Gasteiger partial charge in [0.2, 0.25) is 17.7 Å². The lowest BCUT2D eigenvalue weighted by Crippen LogP contribution is -2.43. The number of H-pyrrole nitrogens is 3. The lowest BCUT2D eigenvalue weighted by Gasteiger charge is -2.14. The van der Waals surface area contributed by atoms with Crippen molar-refractivity contribution in [3.63, 3.8) is 0 Å². The number of carboxylic acids is 3. The van der Waals surface area contributed by atoms with Crippen LogP contribution in [0.4, 0.5) is 0 Å². The summed E-state index contributed by atoms with van der Waals surface area (Å²) in [6, 6.07) is -3.07. The molecule has 300 valence electrons. The molecule has 15 N–H and O–H groups in total. The summed E-state index contributed by atoms with van der Waals surface area (Å²) in [4.78, 5) is 97.8. The van der Waals surface area contributed by atoms with Crippen LogP contribution in [0.5, 0.6) is 0 Å². The van der Waals surface area contributed by atoms with Gasteiger partial charge >= 0.3 is 17.9 Å². The average molecular weight is 801 g/mol. The number of aromatic nitrogens is 6. The van der Waals surface area contributed by atoms with E-state index >= 15 is 0 Å². The van der Waals surface area contributed by atoms with E-state index in [1.807, 2.05) is 0 Å². The molecule has 3 aromatic heterocycles. The van der Waals surface area contributed by atoms with Gasteiger partial charge < -0.3 is 63.4 Å². The number of amides is 3. The predicted octanol–water partition coefficient (Wildman–Crippen LogP) is -1.83. The Kier molecular flexibility index (Phi) is 23.9. The zero-order valence-electron chi connectivity index (χ0n) is 28.5. The standard InChI is InChI=1S/C11H16N4O4S.C9H14N4O3S.C9H14N4O3.CH4/c1-6(16)20-10-7(13-5-14-10)4-8(11(18)19)15-9(17)2-3-12;10-2-1-7(14)13-6(9(15)16)3-5-8(17)12-4-11-5;10-2-1-8(14)13-7(9(15)16)3-6-4-11-5-12-6;/h5,8H,2-4,12H2,1H3,(H,13,14)(H,15,17)(H,18,19);4,6,17H,1-3,10H2,(H,11,12)(H,13,14)(H,15,16);4-5,7H,1-3,10H2,(H,11,12)(H,13,14)(H,15,16);1H4/t8-;6-;7-;/m000./s1. The second-order valence-corrected chi connectivity index (χ2v) is 12.3. The highest BCUT2D eigenvalue weighted by atomic mass is 32.2. The molecule has 0 aliphatic carbocycles. The molecule has 22 nitrogen and oxygen atoms in total. The highest BCUT2D eigenvalue weighted by Crippen LogP contribution is 2.20. The molecular formula is C30H48N12O10S2. The van der Waals surface area contributed by atoms with Crippen LogP contribution in [0.1, 0.15) is 50.7 Å². The summed E-state index contributed by atoms with van der Waals surface area (Å²) in [5.41, 5.74) is 17.3. The Morgan fingerprint density at radius 3 is 1.50 bits per heavy atom. The fourth-order valence-corrected chi connectivity index (χ4v) is 4.82. The van der Waals surface area contributed by atoms with Crippen LogP contribution in [0.15, 0.2) is 35.2 Å². The molecule has 0 aliphatic rings. The third-order valence-corrected chi connectivity index (χ3v) is 7.64. The van der Waals surface area contributed by atoms with E-state index in [-0.39, 0.29) is 82.5 Å². The number of imidazole rings is 3. The summed E-state index contributed by atoms with van der Waals surface area (Å²) < 4.78 is 0. The number of thiol groups is 1. The fraction of sp³-hybridized carbons (Fsp3) is 0.467. The van der Waals surface area contributed by atoms with Crippen LogP contribution in [-0.4, -0.2) is 124 Å². The molecule has 24 heteroatoms. The molecule has 3 rings (SSSR count). The van der Waals surface area contributed by atoms with Gasteiger partial charge in [-0.1, -0.05) is 7.43 Å². The monoisotopic (exact) mass is 800 g/mol. The van der Waals surface area contributed by atoms with E-state index in [2.05, 4.69) is 58.5 Å². The lowest BCUT2D eigenvalue weighted by molar-refractivity contribution is -0.142. The van der Waals surface area contributed by atoms with Crippen molar-refractivity contribution in [1.29, 1.82) is 0 Å². The highest BCUT2D eigenvalue weighted by Gasteiger charge is 2.24. The van der Waals surface area contributed by atoms with E-state index in [1.165, 1.54) is 32.1 Å². The summed E-state index contributed by atoms with van der Waals surface area (Å²) in [6.07, 6.45) is 6.33. The third kappa shape index (κ3) is 19.5. The second kappa shape index (κ2) is 26.5. The van der Waals surface area contributed by atoms with Crippen molar-refractivity contribution < 1.29 is 48.9 Å². The maximum absolute atomic E-state index is 11.4. The summed E-state index contributed by atoms with van der Waals surface area (Å²) in [7, 11) is 0. The molecule has 0 fully saturated rings. The number of aliphatic carboxylic acids is 3. The number of nitrogens with zero attached hydrogens (tertiary/aromatic N) is 3. The molecule has 0 bridgehead atoms. The Hall–Kier alpha value is -5.30. The number of nitrogens with one attached hydrogen (secondary N) is 6. The summed E-state index contributed by atoms with van der Waals surface area (Å²) in [6.45, 7) is 1.91. The molecule has 54 heavy (non-hydrogen) atoms. The molecule has 0 aromatic carbocycles. The number of carboxylic acid groups (broad SMARTS) is 3. The van der Waals surface area contributed by atoms with Crippen LogP contribution in [0.25, 0.3) is 0 Å². The Morgan fingerprint density at radius 1 is 0.704 bits per heavy atom. The molecule has 0 saturated heterocycles. The Morgan fingerprint density at radius 2 is 1.13 bits per heavy atom. The number of nitrogens with two attached hydrogens (primary N) is 3. The molecular weight excluding hydrogens is 753 g/mol. The van der Waals surface area contributed by atoms with E-state index in [1.54, 1.807) is 0 Å². The van der Waals surface area contributed by atoms with E-state index in [0.29, 0.717) is 27.1 Å². The molecule has 0 spiro atoms. The van der Waals surface area contributed by atoms with Gasteiger partial charge in [-0.2, -0.15) is 0 Å². The number of hydrogen-bond donors (Lipinski definition) is 13. The van der Waals surface area contributed by atoms with Gasteiger partial charge in [0.25, 0.3) is 0 Å². The van der Waals surface area contributed by atoms with Gasteiger partial charge in [-0.05, 0) is 11.8 Å². The minimum absolute atomic E-state index is 0. The Labute approximate surface area is 319 Å². The zero-order valence-corrected chi connectivity index (χ0v) is 30.2. The molecule has 0 radical (unpaired) electrons. The molecule has 0 aliphatic heterocycles. The first-order valence-electron chi connectivity index (χ1n) is 15.7. The lowest BCUT2D eigenvalue weighted by atomic mass is 10.1. The number of carbonyl (C=O) groups excluding carboxylic acids is 4. The summed E-state index contributed by atoms with van der Waals surface area (Å²) in [5, 5.41) is 34.8.